The van der Waals surface area contributed by atoms with Crippen LogP contribution in [0.15, 0.2) is 61.1 Å². The number of aromatic nitrogens is 2. The number of pyridine rings is 2. The molecular weight excluding hydrogens is 503 g/mol. The minimum atomic E-state index is -4.70. The van der Waals surface area contributed by atoms with Gasteiger partial charge in [0.05, 0.1) is 29.3 Å². The standard InChI is InChI=1S/C26H24F3N5O2S/c1-25(2,17-35)34(24(37)33-21-6-4-19(15-30)22(14-21)26(27,28)29)12-3-13-36-23-7-5-20(16-32-23)18-8-10-31-11-9-18/h4-11,14,16-17H,3,12-13H2,1-2H3,(H,33,37). The Bertz CT molecular complexity index is 1280. The van der Waals surface area contributed by atoms with Crippen molar-refractivity contribution in [1.29, 1.82) is 5.26 Å². The molecule has 0 bridgehead atoms. The lowest BCUT2D eigenvalue weighted by Crippen LogP contribution is -2.51. The number of hydrogen-bond donors (Lipinski definition) is 1. The second kappa shape index (κ2) is 11.8. The molecule has 2 aromatic heterocycles. The third-order valence-corrected chi connectivity index (χ3v) is 5.77. The number of halogens is 3. The molecule has 3 rings (SSSR count). The van der Waals surface area contributed by atoms with E-state index in [1.807, 2.05) is 18.2 Å². The van der Waals surface area contributed by atoms with Gasteiger partial charge >= 0.3 is 6.18 Å². The summed E-state index contributed by atoms with van der Waals surface area (Å²) in [6.07, 6.45) is 1.55. The van der Waals surface area contributed by atoms with E-state index in [0.29, 0.717) is 18.6 Å². The number of ether oxygens (including phenoxy) is 1. The molecule has 0 aliphatic heterocycles. The van der Waals surface area contributed by atoms with Crippen molar-refractivity contribution in [3.05, 3.63) is 72.2 Å². The molecule has 7 nitrogen and oxygen atoms in total. The molecule has 0 amide bonds. The van der Waals surface area contributed by atoms with Gasteiger partial charge in [0.15, 0.2) is 5.11 Å². The average Bonchev–Trinajstić information content (AvgIpc) is 2.88. The fourth-order valence-electron chi connectivity index (χ4n) is 3.44. The van der Waals surface area contributed by atoms with Crippen molar-refractivity contribution in [2.24, 2.45) is 0 Å². The van der Waals surface area contributed by atoms with Gasteiger partial charge in [0.25, 0.3) is 0 Å². The van der Waals surface area contributed by atoms with Gasteiger partial charge in [0.1, 0.15) is 6.29 Å². The van der Waals surface area contributed by atoms with Gasteiger partial charge in [-0.2, -0.15) is 18.4 Å². The van der Waals surface area contributed by atoms with Gasteiger partial charge in [-0.3, -0.25) is 4.98 Å². The minimum absolute atomic E-state index is 0.0535. The van der Waals surface area contributed by atoms with Crippen molar-refractivity contribution in [3.63, 3.8) is 0 Å². The zero-order valence-corrected chi connectivity index (χ0v) is 20.9. The molecule has 11 heteroatoms. The summed E-state index contributed by atoms with van der Waals surface area (Å²) in [4.78, 5) is 21.6. The van der Waals surface area contributed by atoms with Gasteiger partial charge in [-0.05, 0) is 74.4 Å². The van der Waals surface area contributed by atoms with Crippen LogP contribution < -0.4 is 10.1 Å². The first-order valence-corrected chi connectivity index (χ1v) is 11.6. The summed E-state index contributed by atoms with van der Waals surface area (Å²) < 4.78 is 45.7. The molecule has 0 unspecified atom stereocenters. The van der Waals surface area contributed by atoms with Crippen LogP contribution in [0.5, 0.6) is 5.88 Å². The molecule has 0 spiro atoms. The van der Waals surface area contributed by atoms with E-state index in [-0.39, 0.29) is 24.0 Å². The first kappa shape index (κ1) is 27.5. The third-order valence-electron chi connectivity index (χ3n) is 5.45. The van der Waals surface area contributed by atoms with Gasteiger partial charge in [-0.15, -0.1) is 0 Å². The first-order chi connectivity index (χ1) is 17.5. The number of aldehydes is 1. The summed E-state index contributed by atoms with van der Waals surface area (Å²) in [6, 6.07) is 12.1. The number of carbonyl (C=O) groups is 1. The van der Waals surface area contributed by atoms with Crippen molar-refractivity contribution >= 4 is 29.3 Å². The fraction of sp³-hybridized carbons (Fsp3) is 0.269. The van der Waals surface area contributed by atoms with Crippen LogP contribution in [0.2, 0.25) is 0 Å². The van der Waals surface area contributed by atoms with Gasteiger partial charge in [-0.1, -0.05) is 0 Å². The lowest BCUT2D eigenvalue weighted by Gasteiger charge is -2.36. The minimum Gasteiger partial charge on any atom is -0.478 e. The predicted molar refractivity (Wildman–Crippen MR) is 137 cm³/mol. The highest BCUT2D eigenvalue weighted by Gasteiger charge is 2.34. The largest absolute Gasteiger partial charge is 0.478 e. The number of thiocarbonyl (C=S) groups is 1. The van der Waals surface area contributed by atoms with Crippen LogP contribution in [-0.2, 0) is 11.0 Å². The SMILES string of the molecule is CC(C)(C=O)N(CCCOc1ccc(-c2ccncc2)cn1)C(=S)Nc1ccc(C#N)c(C(F)(F)F)c1. The Morgan fingerprint density at radius 1 is 1.16 bits per heavy atom. The van der Waals surface area contributed by atoms with E-state index in [2.05, 4.69) is 15.3 Å². The molecule has 192 valence electrons. The number of nitriles is 1. The monoisotopic (exact) mass is 527 g/mol. The summed E-state index contributed by atoms with van der Waals surface area (Å²) in [5.74, 6) is 0.428. The number of hydrogen-bond acceptors (Lipinski definition) is 6. The van der Waals surface area contributed by atoms with Crippen LogP contribution in [-0.4, -0.2) is 45.0 Å². The fourth-order valence-corrected chi connectivity index (χ4v) is 3.88. The highest BCUT2D eigenvalue weighted by Crippen LogP contribution is 2.33. The Balaban J connectivity index is 1.63. The maximum Gasteiger partial charge on any atom is 0.417 e. The highest BCUT2D eigenvalue weighted by molar-refractivity contribution is 7.80. The highest BCUT2D eigenvalue weighted by atomic mass is 32.1. The molecule has 3 aromatic rings. The number of anilines is 1. The molecule has 0 saturated carbocycles. The maximum atomic E-state index is 13.3. The van der Waals surface area contributed by atoms with Gasteiger partial charge in [0, 0.05) is 42.5 Å². The number of alkyl halides is 3. The van der Waals surface area contributed by atoms with E-state index < -0.39 is 22.8 Å². The van der Waals surface area contributed by atoms with Crippen LogP contribution in [0.3, 0.4) is 0 Å². The second-order valence-corrected chi connectivity index (χ2v) is 8.93. The normalized spacial score (nSPS) is 11.4. The smallest absolute Gasteiger partial charge is 0.417 e. The van der Waals surface area contributed by atoms with Crippen LogP contribution in [0.25, 0.3) is 11.1 Å². The zero-order chi connectivity index (χ0) is 27.1. The molecule has 0 radical (unpaired) electrons. The molecule has 0 aliphatic carbocycles. The van der Waals surface area contributed by atoms with Crippen LogP contribution in [0.1, 0.15) is 31.4 Å². The molecular formula is C26H24F3N5O2S. The molecule has 0 atom stereocenters. The maximum absolute atomic E-state index is 13.3. The lowest BCUT2D eigenvalue weighted by atomic mass is 10.1. The van der Waals surface area contributed by atoms with Crippen molar-refractivity contribution < 1.29 is 22.7 Å². The Kier molecular flexibility index (Phi) is 8.78. The van der Waals surface area contributed by atoms with E-state index in [9.17, 15) is 18.0 Å². The quantitative estimate of drug-likeness (QED) is 0.222. The van der Waals surface area contributed by atoms with Crippen molar-refractivity contribution in [2.45, 2.75) is 32.0 Å². The first-order valence-electron chi connectivity index (χ1n) is 11.2. The Morgan fingerprint density at radius 3 is 2.49 bits per heavy atom. The molecule has 2 heterocycles. The van der Waals surface area contributed by atoms with E-state index in [1.54, 1.807) is 43.4 Å². The molecule has 1 aromatic carbocycles. The van der Waals surface area contributed by atoms with E-state index in [1.165, 1.54) is 12.1 Å². The zero-order valence-electron chi connectivity index (χ0n) is 20.1. The number of benzene rings is 1. The summed E-state index contributed by atoms with van der Waals surface area (Å²) in [7, 11) is 0. The second-order valence-electron chi connectivity index (χ2n) is 8.55. The number of rotatable bonds is 9. The van der Waals surface area contributed by atoms with E-state index in [0.717, 1.165) is 23.3 Å². The molecule has 1 N–H and O–H groups in total. The van der Waals surface area contributed by atoms with E-state index >= 15 is 0 Å². The number of nitrogens with one attached hydrogen (secondary N) is 1. The van der Waals surface area contributed by atoms with Crippen molar-refractivity contribution in [2.75, 3.05) is 18.5 Å². The van der Waals surface area contributed by atoms with Crippen molar-refractivity contribution in [3.8, 4) is 23.1 Å². The summed E-state index contributed by atoms with van der Waals surface area (Å²) >= 11 is 5.43. The van der Waals surface area contributed by atoms with Gasteiger partial charge in [0.2, 0.25) is 5.88 Å². The third kappa shape index (κ3) is 7.24. The van der Waals surface area contributed by atoms with Crippen LogP contribution in [0, 0.1) is 11.3 Å². The Morgan fingerprint density at radius 2 is 1.89 bits per heavy atom. The van der Waals surface area contributed by atoms with Crippen LogP contribution >= 0.6 is 12.2 Å². The van der Waals surface area contributed by atoms with Crippen LogP contribution in [0.4, 0.5) is 18.9 Å². The molecule has 0 aliphatic rings. The molecule has 0 saturated heterocycles. The lowest BCUT2D eigenvalue weighted by molar-refractivity contribution is -0.137. The topological polar surface area (TPSA) is 91.1 Å². The number of carbonyl (C=O) groups excluding carboxylic acids is 1. The average molecular weight is 528 g/mol. The van der Waals surface area contributed by atoms with E-state index in [4.69, 9.17) is 22.2 Å². The molecule has 37 heavy (non-hydrogen) atoms. The Labute approximate surface area is 217 Å². The number of nitrogens with zero attached hydrogens (tertiary/aromatic N) is 4. The van der Waals surface area contributed by atoms with Gasteiger partial charge < -0.3 is 19.7 Å². The summed E-state index contributed by atoms with van der Waals surface area (Å²) in [6.45, 7) is 3.85. The summed E-state index contributed by atoms with van der Waals surface area (Å²) in [5.41, 5.74) is -0.646. The summed E-state index contributed by atoms with van der Waals surface area (Å²) in [5, 5.41) is 11.8. The Hall–Kier alpha value is -4.04. The van der Waals surface area contributed by atoms with Crippen molar-refractivity contribution in [1.82, 2.24) is 14.9 Å². The molecule has 0 fully saturated rings. The predicted octanol–water partition coefficient (Wildman–Crippen LogP) is 5.48. The van der Waals surface area contributed by atoms with Gasteiger partial charge in [-0.25, -0.2) is 4.98 Å².